The summed E-state index contributed by atoms with van der Waals surface area (Å²) in [7, 11) is 0. The van der Waals surface area contributed by atoms with Crippen molar-refractivity contribution in [3.8, 4) is 0 Å². The zero-order valence-electron chi connectivity index (χ0n) is 63.1. The van der Waals surface area contributed by atoms with Gasteiger partial charge in [0.1, 0.15) is 0 Å². The molecule has 0 bridgehead atoms. The Morgan fingerprint density at radius 3 is 0.483 bits per heavy atom. The van der Waals surface area contributed by atoms with Crippen molar-refractivity contribution < 1.29 is 0 Å². The fourth-order valence-electron chi connectivity index (χ4n) is 18.4. The van der Waals surface area contributed by atoms with Crippen molar-refractivity contribution >= 4 is 177 Å². The van der Waals surface area contributed by atoms with Gasteiger partial charge in [0.15, 0.2) is 23.3 Å². The standard InChI is InChI=1S/2C54H36N4/c1-5-25-41-37(17-1)21-13-33-45(41)55-49-29-9-10-30-50(49)56(46-34-14-22-38-18-2-6-26-42(38)46)53(55)54-57(47-35-15-23-39-19-3-7-27-43(39)47)51-31-11-12-32-52(51)58(54)48-36-16-24-40-20-4-8-28-44(40)48;1-5-17-41-33-45(29-25-37(41)13-1)55-49-21-9-10-22-50(49)56(46-30-26-38-14-2-6-18-42(38)34-46)53(55)54-57(47-31-27-39-15-3-7-19-43(39)35-47)51-23-11-12-24-52(51)58(54)48-32-28-40-16-4-8-20-44(40)36-48/h2*1-36H. The highest BCUT2D eigenvalue weighted by Crippen LogP contribution is 2.62. The van der Waals surface area contributed by atoms with Gasteiger partial charge in [-0.3, -0.25) is 39.2 Å². The highest BCUT2D eigenvalue weighted by Gasteiger charge is 2.47. The molecule has 4 aliphatic heterocycles. The van der Waals surface area contributed by atoms with E-state index in [2.05, 4.69) is 476 Å². The number of hydrogen-bond donors (Lipinski definition) is 0. The molecule has 0 atom stereocenters. The third-order valence-corrected chi connectivity index (χ3v) is 23.5. The molecule has 0 radical (unpaired) electrons. The zero-order valence-corrected chi connectivity index (χ0v) is 63.1. The Balaban J connectivity index is 0.000000137. The average Bonchev–Trinajstić information content (AvgIpc) is 1.54. The Morgan fingerprint density at radius 2 is 0.259 bits per heavy atom. The van der Waals surface area contributed by atoms with Gasteiger partial charge in [0.2, 0.25) is 0 Å². The number of hydrogen-bond acceptors (Lipinski definition) is 8. The van der Waals surface area contributed by atoms with Gasteiger partial charge in [0, 0.05) is 44.3 Å². The van der Waals surface area contributed by atoms with E-state index in [9.17, 15) is 0 Å². The summed E-state index contributed by atoms with van der Waals surface area (Å²) in [6.07, 6.45) is 0. The van der Waals surface area contributed by atoms with Crippen LogP contribution in [0.25, 0.3) is 86.2 Å². The Bertz CT molecular complexity index is 6570. The van der Waals surface area contributed by atoms with E-state index in [0.717, 1.165) is 114 Å². The van der Waals surface area contributed by atoms with Crippen LogP contribution >= 0.6 is 0 Å². The molecule has 20 aromatic rings. The lowest BCUT2D eigenvalue weighted by atomic mass is 10.1. The minimum absolute atomic E-state index is 1.03. The second kappa shape index (κ2) is 27.1. The lowest BCUT2D eigenvalue weighted by Crippen LogP contribution is -2.33. The first-order chi connectivity index (χ1) is 57.6. The maximum Gasteiger partial charge on any atom is 0.166 e. The Hall–Kier alpha value is -15.6. The molecule has 8 nitrogen and oxygen atoms in total. The maximum atomic E-state index is 2.51. The van der Waals surface area contributed by atoms with Crippen molar-refractivity contribution in [2.45, 2.75) is 0 Å². The van der Waals surface area contributed by atoms with E-state index in [0.29, 0.717) is 0 Å². The van der Waals surface area contributed by atoms with Crippen LogP contribution in [0.2, 0.25) is 0 Å². The van der Waals surface area contributed by atoms with E-state index in [-0.39, 0.29) is 0 Å². The van der Waals surface area contributed by atoms with Crippen LogP contribution in [0.15, 0.2) is 460 Å². The van der Waals surface area contributed by atoms with Gasteiger partial charge < -0.3 is 0 Å². The third kappa shape index (κ3) is 10.6. The normalized spacial score (nSPS) is 13.7. The Kier molecular flexibility index (Phi) is 15.5. The van der Waals surface area contributed by atoms with Crippen LogP contribution in [0.1, 0.15) is 0 Å². The van der Waals surface area contributed by atoms with Gasteiger partial charge in [-0.05, 0) is 186 Å². The molecule has 24 rings (SSSR count). The summed E-state index contributed by atoms with van der Waals surface area (Å²) < 4.78 is 0. The minimum atomic E-state index is 1.03. The maximum absolute atomic E-state index is 2.51. The van der Waals surface area contributed by atoms with E-state index in [1.54, 1.807) is 0 Å². The van der Waals surface area contributed by atoms with Crippen LogP contribution in [0.3, 0.4) is 0 Å². The lowest BCUT2D eigenvalue weighted by molar-refractivity contribution is 1.01. The van der Waals surface area contributed by atoms with Crippen LogP contribution in [0, 0.1) is 0 Å². The molecule has 0 amide bonds. The molecule has 0 unspecified atom stereocenters. The number of fused-ring (bicyclic) bond motifs is 12. The molecular formula is C108H72N8. The molecule has 544 valence electrons. The van der Waals surface area contributed by atoms with E-state index in [1.165, 1.54) is 86.2 Å². The summed E-state index contributed by atoms with van der Waals surface area (Å²) in [6, 6.07) is 159. The Labute approximate surface area is 672 Å². The summed E-state index contributed by atoms with van der Waals surface area (Å²) in [6.45, 7) is 0. The van der Waals surface area contributed by atoms with Gasteiger partial charge in [0.25, 0.3) is 0 Å². The largest absolute Gasteiger partial charge is 0.291 e. The molecule has 0 aliphatic carbocycles. The summed E-state index contributed by atoms with van der Waals surface area (Å²) in [5.74, 6) is 4.13. The van der Waals surface area contributed by atoms with Crippen LogP contribution in [0.5, 0.6) is 0 Å². The number of anilines is 16. The van der Waals surface area contributed by atoms with E-state index in [1.807, 2.05) is 0 Å². The SMILES string of the molecule is c1ccc2c(c1)N(c1ccc3ccccc3c1)C(=C1N(c3ccc4ccccc4c3)c3ccccc3N1c1ccc3ccccc3c1)N2c1ccc2ccccc2c1.c1ccc2c(c1)N(c1cccc3ccccc13)C(=C1N(c3cccc4ccccc34)c3ccccc3N1c1cccc3ccccc13)N2c1cccc2ccccc12. The van der Waals surface area contributed by atoms with Gasteiger partial charge >= 0.3 is 0 Å². The predicted octanol–water partition coefficient (Wildman–Crippen LogP) is 29.4. The lowest BCUT2D eigenvalue weighted by Gasteiger charge is -2.35. The van der Waals surface area contributed by atoms with Gasteiger partial charge in [-0.1, -0.05) is 315 Å². The molecule has 4 heterocycles. The number of rotatable bonds is 8. The second-order valence-electron chi connectivity index (χ2n) is 30.1. The van der Waals surface area contributed by atoms with E-state index in [4.69, 9.17) is 0 Å². The van der Waals surface area contributed by atoms with Crippen LogP contribution in [-0.4, -0.2) is 0 Å². The second-order valence-corrected chi connectivity index (χ2v) is 30.1. The highest BCUT2D eigenvalue weighted by atomic mass is 15.5. The molecule has 0 saturated carbocycles. The van der Waals surface area contributed by atoms with Crippen molar-refractivity contribution in [2.75, 3.05) is 39.2 Å². The predicted molar refractivity (Wildman–Crippen MR) is 489 cm³/mol. The molecule has 0 spiro atoms. The quantitative estimate of drug-likeness (QED) is 0.149. The average molecular weight is 1480 g/mol. The van der Waals surface area contributed by atoms with E-state index < -0.39 is 0 Å². The van der Waals surface area contributed by atoms with Crippen LogP contribution < -0.4 is 39.2 Å². The van der Waals surface area contributed by atoms with Crippen LogP contribution in [0.4, 0.5) is 91.0 Å². The number of benzene rings is 20. The topological polar surface area (TPSA) is 25.9 Å². The Morgan fingerprint density at radius 1 is 0.103 bits per heavy atom. The van der Waals surface area contributed by atoms with Crippen molar-refractivity contribution in [3.05, 3.63) is 460 Å². The smallest absolute Gasteiger partial charge is 0.166 e. The molecule has 0 aromatic heterocycles. The molecule has 0 saturated heterocycles. The first kappa shape index (κ1) is 66.2. The molecular weight excluding hydrogens is 1410 g/mol. The highest BCUT2D eigenvalue weighted by molar-refractivity contribution is 6.13. The summed E-state index contributed by atoms with van der Waals surface area (Å²) in [5, 5.41) is 19.1. The minimum Gasteiger partial charge on any atom is -0.291 e. The molecule has 8 heteroatoms. The van der Waals surface area contributed by atoms with Crippen LogP contribution in [-0.2, 0) is 0 Å². The zero-order chi connectivity index (χ0) is 76.3. The summed E-state index contributed by atoms with van der Waals surface area (Å²) in [5.41, 5.74) is 17.7. The van der Waals surface area contributed by atoms with Crippen molar-refractivity contribution in [3.63, 3.8) is 0 Å². The molecule has 0 N–H and O–H groups in total. The van der Waals surface area contributed by atoms with Gasteiger partial charge in [-0.25, -0.2) is 0 Å². The number of nitrogens with zero attached hydrogens (tertiary/aromatic N) is 8. The van der Waals surface area contributed by atoms with Crippen molar-refractivity contribution in [1.82, 2.24) is 0 Å². The molecule has 0 fully saturated rings. The summed E-state index contributed by atoms with van der Waals surface area (Å²) in [4.78, 5) is 19.9. The monoisotopic (exact) mass is 1480 g/mol. The van der Waals surface area contributed by atoms with Gasteiger partial charge in [0.05, 0.1) is 68.2 Å². The molecule has 116 heavy (non-hydrogen) atoms. The first-order valence-corrected chi connectivity index (χ1v) is 39.7. The number of para-hydroxylation sites is 8. The van der Waals surface area contributed by atoms with Gasteiger partial charge in [-0.15, -0.1) is 0 Å². The first-order valence-electron chi connectivity index (χ1n) is 39.7. The summed E-state index contributed by atoms with van der Waals surface area (Å²) >= 11 is 0. The fourth-order valence-corrected chi connectivity index (χ4v) is 18.4. The molecule has 20 aromatic carbocycles. The third-order valence-electron chi connectivity index (χ3n) is 23.5. The van der Waals surface area contributed by atoms with Crippen molar-refractivity contribution in [1.29, 1.82) is 0 Å². The van der Waals surface area contributed by atoms with Gasteiger partial charge in [-0.2, -0.15) is 0 Å². The van der Waals surface area contributed by atoms with Crippen molar-refractivity contribution in [2.24, 2.45) is 0 Å². The fraction of sp³-hybridized carbons (Fsp3) is 0. The van der Waals surface area contributed by atoms with E-state index >= 15 is 0 Å². The molecule has 4 aliphatic rings.